The van der Waals surface area contributed by atoms with Gasteiger partial charge < -0.3 is 20.3 Å². The van der Waals surface area contributed by atoms with Gasteiger partial charge in [-0.1, -0.05) is 12.1 Å². The van der Waals surface area contributed by atoms with E-state index in [1.807, 2.05) is 6.07 Å². The fourth-order valence-corrected chi connectivity index (χ4v) is 2.78. The molecule has 0 radical (unpaired) electrons. The Hall–Kier alpha value is -1.63. The van der Waals surface area contributed by atoms with E-state index in [1.54, 1.807) is 18.2 Å². The van der Waals surface area contributed by atoms with Crippen LogP contribution in [0.4, 0.5) is 0 Å². The van der Waals surface area contributed by atoms with Crippen LogP contribution in [-0.2, 0) is 4.79 Å². The minimum Gasteiger partial charge on any atom is -0.494 e. The summed E-state index contributed by atoms with van der Waals surface area (Å²) in [5.74, 6) is 0.760. The number of Topliss-reactive ketones (excluding diaryl/α,β-unsaturated/α-hetero) is 1. The summed E-state index contributed by atoms with van der Waals surface area (Å²) in [5, 5.41) is 6.30. The van der Waals surface area contributed by atoms with Crippen molar-refractivity contribution >= 4 is 24.1 Å². The SMILES string of the molecule is CC(=O)c1cccc(OCCCC(=O)NCCCN2CCNCC2)c1.Cl. The highest BCUT2D eigenvalue weighted by molar-refractivity contribution is 5.94. The third-order valence-corrected chi connectivity index (χ3v) is 4.24. The Kier molecular flexibility index (Phi) is 10.9. The van der Waals surface area contributed by atoms with E-state index in [4.69, 9.17) is 4.74 Å². The Morgan fingerprint density at radius 2 is 2.00 bits per heavy atom. The van der Waals surface area contributed by atoms with Crippen molar-refractivity contribution < 1.29 is 14.3 Å². The Labute approximate surface area is 162 Å². The van der Waals surface area contributed by atoms with Crippen LogP contribution in [0, 0.1) is 0 Å². The standard InChI is InChI=1S/C19H29N3O3.ClH/c1-16(23)17-5-2-6-18(15-17)25-14-3-7-19(24)21-8-4-11-22-12-9-20-10-13-22;/h2,5-6,15,20H,3-4,7-14H2,1H3,(H,21,24);1H. The van der Waals surface area contributed by atoms with Gasteiger partial charge in [0.15, 0.2) is 5.78 Å². The quantitative estimate of drug-likeness (QED) is 0.477. The highest BCUT2D eigenvalue weighted by atomic mass is 35.5. The number of nitrogens with one attached hydrogen (secondary N) is 2. The zero-order valence-corrected chi connectivity index (χ0v) is 16.3. The number of halogens is 1. The molecule has 0 aliphatic carbocycles. The molecule has 1 amide bonds. The summed E-state index contributed by atoms with van der Waals surface area (Å²) < 4.78 is 5.61. The van der Waals surface area contributed by atoms with Gasteiger partial charge in [-0.15, -0.1) is 12.4 Å². The van der Waals surface area contributed by atoms with E-state index in [-0.39, 0.29) is 24.1 Å². The van der Waals surface area contributed by atoms with Crippen molar-refractivity contribution in [2.75, 3.05) is 45.9 Å². The maximum Gasteiger partial charge on any atom is 0.220 e. The molecule has 1 aliphatic heterocycles. The number of hydrogen-bond acceptors (Lipinski definition) is 5. The van der Waals surface area contributed by atoms with E-state index in [1.165, 1.54) is 6.92 Å². The van der Waals surface area contributed by atoms with Crippen LogP contribution in [0.15, 0.2) is 24.3 Å². The van der Waals surface area contributed by atoms with E-state index in [2.05, 4.69) is 15.5 Å². The number of benzene rings is 1. The molecule has 1 fully saturated rings. The zero-order valence-electron chi connectivity index (χ0n) is 15.5. The van der Waals surface area contributed by atoms with Gasteiger partial charge in [0, 0.05) is 44.7 Å². The second-order valence-electron chi connectivity index (χ2n) is 6.33. The molecule has 1 saturated heterocycles. The molecule has 0 saturated carbocycles. The average Bonchev–Trinajstić information content (AvgIpc) is 2.63. The largest absolute Gasteiger partial charge is 0.494 e. The minimum absolute atomic E-state index is 0. The first-order chi connectivity index (χ1) is 12.1. The molecule has 0 spiro atoms. The topological polar surface area (TPSA) is 70.7 Å². The van der Waals surface area contributed by atoms with Gasteiger partial charge in [-0.2, -0.15) is 0 Å². The normalized spacial score (nSPS) is 14.3. The number of piperazine rings is 1. The Bertz CT molecular complexity index is 563. The number of amides is 1. The lowest BCUT2D eigenvalue weighted by atomic mass is 10.1. The van der Waals surface area contributed by atoms with Crippen LogP contribution < -0.4 is 15.4 Å². The first-order valence-electron chi connectivity index (χ1n) is 9.09. The van der Waals surface area contributed by atoms with E-state index >= 15 is 0 Å². The van der Waals surface area contributed by atoms with E-state index in [0.29, 0.717) is 30.8 Å². The second kappa shape index (κ2) is 12.7. The molecule has 146 valence electrons. The molecule has 0 atom stereocenters. The summed E-state index contributed by atoms with van der Waals surface area (Å²) in [6.45, 7) is 8.07. The average molecular weight is 384 g/mol. The molecule has 1 heterocycles. The fourth-order valence-electron chi connectivity index (χ4n) is 2.78. The highest BCUT2D eigenvalue weighted by Crippen LogP contribution is 2.14. The van der Waals surface area contributed by atoms with Crippen molar-refractivity contribution in [1.29, 1.82) is 0 Å². The van der Waals surface area contributed by atoms with Crippen LogP contribution in [0.1, 0.15) is 36.5 Å². The number of carbonyl (C=O) groups excluding carboxylic acids is 2. The van der Waals surface area contributed by atoms with Crippen molar-refractivity contribution in [2.45, 2.75) is 26.2 Å². The summed E-state index contributed by atoms with van der Waals surface area (Å²) in [6, 6.07) is 7.13. The van der Waals surface area contributed by atoms with Crippen molar-refractivity contribution in [3.63, 3.8) is 0 Å². The van der Waals surface area contributed by atoms with Gasteiger partial charge in [0.25, 0.3) is 0 Å². The molecule has 1 aliphatic rings. The molecule has 0 unspecified atom stereocenters. The number of carbonyl (C=O) groups is 2. The number of ketones is 1. The fraction of sp³-hybridized carbons (Fsp3) is 0.579. The third-order valence-electron chi connectivity index (χ3n) is 4.24. The predicted octanol–water partition coefficient (Wildman–Crippen LogP) is 1.88. The van der Waals surface area contributed by atoms with Gasteiger partial charge in [0.05, 0.1) is 6.61 Å². The molecule has 1 aromatic carbocycles. The summed E-state index contributed by atoms with van der Waals surface area (Å²) in [5.41, 5.74) is 0.639. The number of rotatable bonds is 10. The van der Waals surface area contributed by atoms with Crippen molar-refractivity contribution in [3.05, 3.63) is 29.8 Å². The molecular formula is C19H30ClN3O3. The van der Waals surface area contributed by atoms with E-state index in [0.717, 1.165) is 45.7 Å². The summed E-state index contributed by atoms with van der Waals surface area (Å²) >= 11 is 0. The monoisotopic (exact) mass is 383 g/mol. The predicted molar refractivity (Wildman–Crippen MR) is 105 cm³/mol. The van der Waals surface area contributed by atoms with Crippen LogP contribution >= 0.6 is 12.4 Å². The maximum absolute atomic E-state index is 11.8. The molecule has 2 N–H and O–H groups in total. The molecule has 26 heavy (non-hydrogen) atoms. The van der Waals surface area contributed by atoms with Gasteiger partial charge in [0.2, 0.25) is 5.91 Å². The maximum atomic E-state index is 11.8. The van der Waals surface area contributed by atoms with Crippen LogP contribution in [-0.4, -0.2) is 62.5 Å². The lowest BCUT2D eigenvalue weighted by Crippen LogP contribution is -2.44. The molecule has 0 aromatic heterocycles. The second-order valence-corrected chi connectivity index (χ2v) is 6.33. The van der Waals surface area contributed by atoms with Crippen LogP contribution in [0.25, 0.3) is 0 Å². The van der Waals surface area contributed by atoms with Gasteiger partial charge in [-0.3, -0.25) is 9.59 Å². The molecular weight excluding hydrogens is 354 g/mol. The third kappa shape index (κ3) is 8.65. The number of ether oxygens (including phenoxy) is 1. The van der Waals surface area contributed by atoms with Gasteiger partial charge in [-0.05, 0) is 38.4 Å². The molecule has 2 rings (SSSR count). The summed E-state index contributed by atoms with van der Waals surface area (Å²) in [4.78, 5) is 25.6. The van der Waals surface area contributed by atoms with Crippen LogP contribution in [0.2, 0.25) is 0 Å². The first-order valence-corrected chi connectivity index (χ1v) is 9.09. The van der Waals surface area contributed by atoms with E-state index in [9.17, 15) is 9.59 Å². The number of hydrogen-bond donors (Lipinski definition) is 2. The number of nitrogens with zero attached hydrogens (tertiary/aromatic N) is 1. The molecule has 1 aromatic rings. The van der Waals surface area contributed by atoms with Crippen molar-refractivity contribution in [2.24, 2.45) is 0 Å². The molecule has 6 nitrogen and oxygen atoms in total. The lowest BCUT2D eigenvalue weighted by molar-refractivity contribution is -0.121. The van der Waals surface area contributed by atoms with Crippen LogP contribution in [0.5, 0.6) is 5.75 Å². The Balaban J connectivity index is 0.00000338. The van der Waals surface area contributed by atoms with E-state index < -0.39 is 0 Å². The molecule has 7 heteroatoms. The van der Waals surface area contributed by atoms with Gasteiger partial charge >= 0.3 is 0 Å². The Morgan fingerprint density at radius 1 is 1.23 bits per heavy atom. The van der Waals surface area contributed by atoms with Crippen LogP contribution in [0.3, 0.4) is 0 Å². The van der Waals surface area contributed by atoms with Gasteiger partial charge in [-0.25, -0.2) is 0 Å². The van der Waals surface area contributed by atoms with Crippen molar-refractivity contribution in [3.8, 4) is 5.75 Å². The summed E-state index contributed by atoms with van der Waals surface area (Å²) in [7, 11) is 0. The lowest BCUT2D eigenvalue weighted by Gasteiger charge is -2.27. The molecule has 0 bridgehead atoms. The zero-order chi connectivity index (χ0) is 17.9. The Morgan fingerprint density at radius 3 is 2.73 bits per heavy atom. The highest BCUT2D eigenvalue weighted by Gasteiger charge is 2.08. The minimum atomic E-state index is 0. The summed E-state index contributed by atoms with van der Waals surface area (Å²) in [6.07, 6.45) is 2.11. The first kappa shape index (κ1) is 22.4. The van der Waals surface area contributed by atoms with Gasteiger partial charge in [0.1, 0.15) is 5.75 Å². The smallest absolute Gasteiger partial charge is 0.220 e. The van der Waals surface area contributed by atoms with Crippen molar-refractivity contribution in [1.82, 2.24) is 15.5 Å².